The fourth-order valence-corrected chi connectivity index (χ4v) is 2.15. The fraction of sp³-hybridized carbons (Fsp3) is 0.417. The molecule has 1 aromatic carbocycles. The zero-order valence-corrected chi connectivity index (χ0v) is 11.6. The molecule has 1 rings (SSSR count). The summed E-state index contributed by atoms with van der Waals surface area (Å²) in [5.74, 6) is -1.24. The molecular weight excluding hydrogens is 271 g/mol. The Kier molecular flexibility index (Phi) is 5.02. The first-order valence-corrected chi connectivity index (χ1v) is 7.71. The van der Waals surface area contributed by atoms with Gasteiger partial charge in [0.2, 0.25) is 5.91 Å². The van der Waals surface area contributed by atoms with E-state index in [1.165, 1.54) is 0 Å². The van der Waals surface area contributed by atoms with Gasteiger partial charge < -0.3 is 11.1 Å². The van der Waals surface area contributed by atoms with Gasteiger partial charge in [-0.1, -0.05) is 13.3 Å². The normalized spacial score (nSPS) is 13.1. The highest BCUT2D eigenvalue weighted by molar-refractivity contribution is 7.90. The van der Waals surface area contributed by atoms with Crippen LogP contribution in [-0.4, -0.2) is 26.6 Å². The summed E-state index contributed by atoms with van der Waals surface area (Å²) >= 11 is 0. The number of nitrogens with two attached hydrogens (primary N) is 1. The van der Waals surface area contributed by atoms with Gasteiger partial charge >= 0.3 is 0 Å². The van der Waals surface area contributed by atoms with E-state index in [0.29, 0.717) is 6.42 Å². The van der Waals surface area contributed by atoms with Crippen molar-refractivity contribution < 1.29 is 17.6 Å². The van der Waals surface area contributed by atoms with Crippen LogP contribution in [0.1, 0.15) is 19.8 Å². The van der Waals surface area contributed by atoms with Gasteiger partial charge in [0.05, 0.1) is 16.6 Å². The molecule has 0 fully saturated rings. The number of carbonyl (C=O) groups excluding carboxylic acids is 1. The maximum Gasteiger partial charge on any atom is 0.241 e. The molecular formula is C12H17FN2O3S. The Labute approximate surface area is 111 Å². The number of anilines is 1. The molecule has 0 aliphatic rings. The molecule has 0 saturated carbocycles. The second-order valence-electron chi connectivity index (χ2n) is 4.30. The summed E-state index contributed by atoms with van der Waals surface area (Å²) in [5, 5.41) is 2.30. The van der Waals surface area contributed by atoms with Crippen molar-refractivity contribution in [2.75, 3.05) is 11.6 Å². The molecule has 0 spiro atoms. The molecule has 7 heteroatoms. The van der Waals surface area contributed by atoms with E-state index < -0.39 is 27.6 Å². The molecule has 1 amide bonds. The van der Waals surface area contributed by atoms with Gasteiger partial charge in [-0.3, -0.25) is 4.79 Å². The van der Waals surface area contributed by atoms with Gasteiger partial charge in [0.1, 0.15) is 5.82 Å². The highest BCUT2D eigenvalue weighted by Gasteiger charge is 2.16. The van der Waals surface area contributed by atoms with E-state index in [0.717, 1.165) is 30.9 Å². The number of sulfone groups is 1. The third-order valence-electron chi connectivity index (χ3n) is 2.56. The Morgan fingerprint density at radius 3 is 2.63 bits per heavy atom. The molecule has 0 unspecified atom stereocenters. The van der Waals surface area contributed by atoms with Crippen molar-refractivity contribution in [3.8, 4) is 0 Å². The van der Waals surface area contributed by atoms with Crippen molar-refractivity contribution in [3.05, 3.63) is 24.0 Å². The highest BCUT2D eigenvalue weighted by atomic mass is 32.2. The Hall–Kier alpha value is -1.47. The van der Waals surface area contributed by atoms with E-state index in [9.17, 15) is 17.6 Å². The van der Waals surface area contributed by atoms with Crippen LogP contribution in [0.2, 0.25) is 0 Å². The molecule has 106 valence electrons. The lowest BCUT2D eigenvalue weighted by Gasteiger charge is -2.12. The van der Waals surface area contributed by atoms with E-state index in [2.05, 4.69) is 5.32 Å². The van der Waals surface area contributed by atoms with Gasteiger partial charge in [-0.2, -0.15) is 0 Å². The SMILES string of the molecule is CCC[C@H](N)C(=O)Nc1cc(S(C)(=O)=O)ccc1F. The zero-order valence-electron chi connectivity index (χ0n) is 10.8. The number of halogens is 1. The molecule has 0 aliphatic heterocycles. The molecule has 0 heterocycles. The quantitative estimate of drug-likeness (QED) is 0.799. The smallest absolute Gasteiger partial charge is 0.241 e. The third-order valence-corrected chi connectivity index (χ3v) is 3.67. The number of nitrogens with one attached hydrogen (secondary N) is 1. The Balaban J connectivity index is 2.98. The van der Waals surface area contributed by atoms with Crippen LogP contribution in [0.25, 0.3) is 0 Å². The Morgan fingerprint density at radius 2 is 2.11 bits per heavy atom. The lowest BCUT2D eigenvalue weighted by atomic mass is 10.1. The Morgan fingerprint density at radius 1 is 1.47 bits per heavy atom. The minimum Gasteiger partial charge on any atom is -0.322 e. The lowest BCUT2D eigenvalue weighted by Crippen LogP contribution is -2.35. The second-order valence-corrected chi connectivity index (χ2v) is 6.31. The molecule has 0 bridgehead atoms. The number of hydrogen-bond acceptors (Lipinski definition) is 4. The first-order chi connectivity index (χ1) is 8.75. The molecule has 19 heavy (non-hydrogen) atoms. The monoisotopic (exact) mass is 288 g/mol. The van der Waals surface area contributed by atoms with Crippen molar-refractivity contribution in [1.29, 1.82) is 0 Å². The molecule has 5 nitrogen and oxygen atoms in total. The van der Waals surface area contributed by atoms with Crippen LogP contribution in [0.15, 0.2) is 23.1 Å². The van der Waals surface area contributed by atoms with E-state index >= 15 is 0 Å². The minimum atomic E-state index is -3.46. The molecule has 1 aromatic rings. The standard InChI is InChI=1S/C12H17FN2O3S/c1-3-4-10(14)12(16)15-11-7-8(19(2,17)18)5-6-9(11)13/h5-7,10H,3-4,14H2,1-2H3,(H,15,16)/t10-/m0/s1. The maximum atomic E-state index is 13.5. The Bertz CT molecular complexity index is 572. The van der Waals surface area contributed by atoms with E-state index in [-0.39, 0.29) is 10.6 Å². The summed E-state index contributed by atoms with van der Waals surface area (Å²) in [6.07, 6.45) is 2.20. The van der Waals surface area contributed by atoms with Crippen LogP contribution >= 0.6 is 0 Å². The van der Waals surface area contributed by atoms with Crippen molar-refractivity contribution in [1.82, 2.24) is 0 Å². The average molecular weight is 288 g/mol. The number of carbonyl (C=O) groups is 1. The molecule has 0 saturated heterocycles. The van der Waals surface area contributed by atoms with Gasteiger partial charge in [0, 0.05) is 6.26 Å². The number of rotatable bonds is 5. The topological polar surface area (TPSA) is 89.3 Å². The third kappa shape index (κ3) is 4.29. The summed E-state index contributed by atoms with van der Waals surface area (Å²) in [7, 11) is -3.46. The predicted octanol–water partition coefficient (Wildman–Crippen LogP) is 1.30. The summed E-state index contributed by atoms with van der Waals surface area (Å²) < 4.78 is 36.2. The van der Waals surface area contributed by atoms with Crippen molar-refractivity contribution >= 4 is 21.4 Å². The van der Waals surface area contributed by atoms with Crippen molar-refractivity contribution in [2.24, 2.45) is 5.73 Å². The predicted molar refractivity (Wildman–Crippen MR) is 71.0 cm³/mol. The van der Waals surface area contributed by atoms with Crippen LogP contribution in [0.4, 0.5) is 10.1 Å². The number of benzene rings is 1. The first-order valence-electron chi connectivity index (χ1n) is 5.81. The van der Waals surface area contributed by atoms with Crippen LogP contribution in [0.5, 0.6) is 0 Å². The summed E-state index contributed by atoms with van der Waals surface area (Å²) in [6, 6.07) is 2.48. The summed E-state index contributed by atoms with van der Waals surface area (Å²) in [4.78, 5) is 11.6. The average Bonchev–Trinajstić information content (AvgIpc) is 2.30. The molecule has 0 radical (unpaired) electrons. The largest absolute Gasteiger partial charge is 0.322 e. The minimum absolute atomic E-state index is 0.0618. The van der Waals surface area contributed by atoms with Gasteiger partial charge in [-0.25, -0.2) is 12.8 Å². The molecule has 3 N–H and O–H groups in total. The number of hydrogen-bond donors (Lipinski definition) is 2. The first kappa shape index (κ1) is 15.6. The molecule has 0 aromatic heterocycles. The molecule has 1 atom stereocenters. The van der Waals surface area contributed by atoms with Gasteiger partial charge in [0.15, 0.2) is 9.84 Å². The van der Waals surface area contributed by atoms with Crippen LogP contribution < -0.4 is 11.1 Å². The summed E-state index contributed by atoms with van der Waals surface area (Å²) in [6.45, 7) is 1.87. The lowest BCUT2D eigenvalue weighted by molar-refractivity contribution is -0.117. The summed E-state index contributed by atoms with van der Waals surface area (Å²) in [5.41, 5.74) is 5.42. The fourth-order valence-electron chi connectivity index (χ4n) is 1.50. The molecule has 0 aliphatic carbocycles. The van der Waals surface area contributed by atoms with E-state index in [1.807, 2.05) is 6.92 Å². The van der Waals surface area contributed by atoms with Gasteiger partial charge in [-0.05, 0) is 24.6 Å². The zero-order chi connectivity index (χ0) is 14.6. The van der Waals surface area contributed by atoms with Crippen molar-refractivity contribution in [3.63, 3.8) is 0 Å². The van der Waals surface area contributed by atoms with Crippen LogP contribution in [-0.2, 0) is 14.6 Å². The highest BCUT2D eigenvalue weighted by Crippen LogP contribution is 2.19. The van der Waals surface area contributed by atoms with E-state index in [1.54, 1.807) is 0 Å². The maximum absolute atomic E-state index is 13.5. The van der Waals surface area contributed by atoms with Gasteiger partial charge in [0.25, 0.3) is 0 Å². The van der Waals surface area contributed by atoms with Crippen LogP contribution in [0, 0.1) is 5.82 Å². The second kappa shape index (κ2) is 6.12. The van der Waals surface area contributed by atoms with Gasteiger partial charge in [-0.15, -0.1) is 0 Å². The van der Waals surface area contributed by atoms with Crippen LogP contribution in [0.3, 0.4) is 0 Å². The van der Waals surface area contributed by atoms with E-state index in [4.69, 9.17) is 5.73 Å². The van der Waals surface area contributed by atoms with Crippen molar-refractivity contribution in [2.45, 2.75) is 30.7 Å². The number of amides is 1.